The number of anilines is 3. The van der Waals surface area contributed by atoms with Crippen molar-refractivity contribution in [3.8, 4) is 11.5 Å². The Labute approximate surface area is 170 Å². The Balaban J connectivity index is 1.78. The summed E-state index contributed by atoms with van der Waals surface area (Å²) in [6, 6.07) is 15.1. The molecule has 1 amide bonds. The lowest BCUT2D eigenvalue weighted by atomic mass is 10.0. The number of methoxy groups -OCH3 is 2. The fourth-order valence-electron chi connectivity index (χ4n) is 3.02. The molecule has 2 aromatic carbocycles. The molecule has 0 aliphatic heterocycles. The van der Waals surface area contributed by atoms with Gasteiger partial charge in [-0.3, -0.25) is 9.78 Å². The van der Waals surface area contributed by atoms with Crippen molar-refractivity contribution in [2.45, 2.75) is 19.8 Å². The first-order valence-electron chi connectivity index (χ1n) is 9.36. The summed E-state index contributed by atoms with van der Waals surface area (Å²) in [7, 11) is 3.18. The minimum Gasteiger partial charge on any atom is -0.493 e. The van der Waals surface area contributed by atoms with Gasteiger partial charge in [-0.05, 0) is 35.7 Å². The largest absolute Gasteiger partial charge is 0.493 e. The molecule has 29 heavy (non-hydrogen) atoms. The van der Waals surface area contributed by atoms with Gasteiger partial charge in [0.25, 0.3) is 5.91 Å². The summed E-state index contributed by atoms with van der Waals surface area (Å²) in [4.78, 5) is 17.0. The molecule has 0 spiro atoms. The number of benzene rings is 2. The van der Waals surface area contributed by atoms with E-state index in [0.29, 0.717) is 28.7 Å². The number of hydrogen-bond donors (Lipinski definition) is 2. The zero-order chi connectivity index (χ0) is 20.8. The molecule has 0 radical (unpaired) electrons. The molecule has 0 saturated carbocycles. The summed E-state index contributed by atoms with van der Waals surface area (Å²) >= 11 is 0. The van der Waals surface area contributed by atoms with Crippen LogP contribution in [-0.4, -0.2) is 25.1 Å². The average molecular weight is 391 g/mol. The van der Waals surface area contributed by atoms with E-state index < -0.39 is 0 Å². The van der Waals surface area contributed by atoms with Crippen LogP contribution >= 0.6 is 0 Å². The van der Waals surface area contributed by atoms with E-state index in [1.807, 2.05) is 42.5 Å². The Hall–Kier alpha value is -3.54. The molecule has 0 atom stereocenters. The summed E-state index contributed by atoms with van der Waals surface area (Å²) in [5.74, 6) is 1.36. The number of nitrogens with one attached hydrogen (secondary N) is 2. The lowest BCUT2D eigenvalue weighted by molar-refractivity contribution is 0.102. The van der Waals surface area contributed by atoms with Gasteiger partial charge in [0, 0.05) is 23.6 Å². The van der Waals surface area contributed by atoms with Gasteiger partial charge in [0.15, 0.2) is 11.5 Å². The fourth-order valence-corrected chi connectivity index (χ4v) is 3.02. The van der Waals surface area contributed by atoms with Crippen LogP contribution in [0.4, 0.5) is 17.1 Å². The molecule has 0 unspecified atom stereocenters. The third-order valence-electron chi connectivity index (χ3n) is 4.50. The number of hydrogen-bond acceptors (Lipinski definition) is 5. The van der Waals surface area contributed by atoms with E-state index in [2.05, 4.69) is 29.5 Å². The average Bonchev–Trinajstić information content (AvgIpc) is 2.74. The molecule has 0 bridgehead atoms. The van der Waals surface area contributed by atoms with Gasteiger partial charge in [0.05, 0.1) is 31.7 Å². The van der Waals surface area contributed by atoms with Crippen LogP contribution in [0, 0.1) is 0 Å². The highest BCUT2D eigenvalue weighted by molar-refractivity contribution is 6.05. The Morgan fingerprint density at radius 1 is 0.931 bits per heavy atom. The van der Waals surface area contributed by atoms with Crippen molar-refractivity contribution in [3.05, 3.63) is 72.1 Å². The summed E-state index contributed by atoms with van der Waals surface area (Å²) in [6.07, 6.45) is 3.21. The monoisotopic (exact) mass is 391 g/mol. The normalized spacial score (nSPS) is 10.5. The Bertz CT molecular complexity index is 1000. The first-order chi connectivity index (χ1) is 14.0. The molecular weight excluding hydrogens is 366 g/mol. The second-order valence-corrected chi connectivity index (χ2v) is 6.85. The number of rotatable bonds is 7. The molecular formula is C23H25N3O3. The van der Waals surface area contributed by atoms with Crippen LogP contribution in [-0.2, 0) is 0 Å². The minimum absolute atomic E-state index is 0.207. The lowest BCUT2D eigenvalue weighted by Gasteiger charge is -2.14. The molecule has 0 aliphatic rings. The number of nitrogens with zero attached hydrogens (tertiary/aromatic N) is 1. The van der Waals surface area contributed by atoms with Gasteiger partial charge < -0.3 is 20.1 Å². The molecule has 6 heteroatoms. The quantitative estimate of drug-likeness (QED) is 0.578. The standard InChI is InChI=1S/C23H25N3O3/c1-15(2)19-7-5-6-8-20(19)26-23(27)16-11-18(14-24-13-16)25-17-9-10-21(28-3)22(12-17)29-4/h5-15,25H,1-4H3,(H,26,27). The highest BCUT2D eigenvalue weighted by atomic mass is 16.5. The number of ether oxygens (including phenoxy) is 2. The van der Waals surface area contributed by atoms with Crippen LogP contribution in [0.3, 0.4) is 0 Å². The van der Waals surface area contributed by atoms with Gasteiger partial charge in [-0.1, -0.05) is 32.0 Å². The van der Waals surface area contributed by atoms with Crippen molar-refractivity contribution in [2.24, 2.45) is 0 Å². The van der Waals surface area contributed by atoms with E-state index in [4.69, 9.17) is 9.47 Å². The van der Waals surface area contributed by atoms with Crippen molar-refractivity contribution >= 4 is 23.0 Å². The Kier molecular flexibility index (Phi) is 6.34. The summed E-state index contributed by atoms with van der Waals surface area (Å²) < 4.78 is 10.6. The van der Waals surface area contributed by atoms with Gasteiger partial charge in [-0.15, -0.1) is 0 Å². The van der Waals surface area contributed by atoms with Crippen molar-refractivity contribution in [2.75, 3.05) is 24.9 Å². The van der Waals surface area contributed by atoms with Crippen LogP contribution in [0.2, 0.25) is 0 Å². The van der Waals surface area contributed by atoms with Gasteiger partial charge in [-0.25, -0.2) is 0 Å². The third-order valence-corrected chi connectivity index (χ3v) is 4.50. The molecule has 1 aromatic heterocycles. The zero-order valence-corrected chi connectivity index (χ0v) is 17.0. The molecule has 3 aromatic rings. The SMILES string of the molecule is COc1ccc(Nc2cncc(C(=O)Nc3ccccc3C(C)C)c2)cc1OC. The number of amides is 1. The number of para-hydroxylation sites is 1. The second-order valence-electron chi connectivity index (χ2n) is 6.85. The van der Waals surface area contributed by atoms with Crippen LogP contribution in [0.15, 0.2) is 60.9 Å². The third kappa shape index (κ3) is 4.85. The molecule has 0 fully saturated rings. The van der Waals surface area contributed by atoms with Crippen LogP contribution in [0.5, 0.6) is 11.5 Å². The second kappa shape index (κ2) is 9.10. The number of pyridine rings is 1. The van der Waals surface area contributed by atoms with Gasteiger partial charge in [0.2, 0.25) is 0 Å². The Morgan fingerprint density at radius 3 is 2.41 bits per heavy atom. The molecule has 2 N–H and O–H groups in total. The molecule has 0 aliphatic carbocycles. The molecule has 3 rings (SSSR count). The Morgan fingerprint density at radius 2 is 1.69 bits per heavy atom. The maximum Gasteiger partial charge on any atom is 0.257 e. The van der Waals surface area contributed by atoms with Gasteiger partial charge in [0.1, 0.15) is 0 Å². The minimum atomic E-state index is -0.207. The molecule has 0 saturated heterocycles. The molecule has 6 nitrogen and oxygen atoms in total. The van der Waals surface area contributed by atoms with Gasteiger partial charge in [-0.2, -0.15) is 0 Å². The van der Waals surface area contributed by atoms with E-state index in [-0.39, 0.29) is 5.91 Å². The van der Waals surface area contributed by atoms with E-state index >= 15 is 0 Å². The summed E-state index contributed by atoms with van der Waals surface area (Å²) in [6.45, 7) is 4.19. The van der Waals surface area contributed by atoms with E-state index in [9.17, 15) is 4.79 Å². The number of aromatic nitrogens is 1. The van der Waals surface area contributed by atoms with Gasteiger partial charge >= 0.3 is 0 Å². The zero-order valence-electron chi connectivity index (χ0n) is 17.0. The van der Waals surface area contributed by atoms with E-state index in [0.717, 1.165) is 16.9 Å². The summed E-state index contributed by atoms with van der Waals surface area (Å²) in [5, 5.41) is 6.23. The first kappa shape index (κ1) is 20.2. The first-order valence-corrected chi connectivity index (χ1v) is 9.36. The predicted octanol–water partition coefficient (Wildman–Crippen LogP) is 5.22. The van der Waals surface area contributed by atoms with Crippen molar-refractivity contribution in [1.82, 2.24) is 4.98 Å². The molecule has 1 heterocycles. The van der Waals surface area contributed by atoms with Crippen LogP contribution < -0.4 is 20.1 Å². The van der Waals surface area contributed by atoms with Crippen molar-refractivity contribution in [3.63, 3.8) is 0 Å². The predicted molar refractivity (Wildman–Crippen MR) is 116 cm³/mol. The number of carbonyl (C=O) groups excluding carboxylic acids is 1. The van der Waals surface area contributed by atoms with Crippen molar-refractivity contribution in [1.29, 1.82) is 0 Å². The van der Waals surface area contributed by atoms with Crippen LogP contribution in [0.25, 0.3) is 0 Å². The molecule has 150 valence electrons. The highest BCUT2D eigenvalue weighted by Gasteiger charge is 2.12. The van der Waals surface area contributed by atoms with Crippen LogP contribution in [0.1, 0.15) is 35.7 Å². The maximum atomic E-state index is 12.8. The topological polar surface area (TPSA) is 72.5 Å². The fraction of sp³-hybridized carbons (Fsp3) is 0.217. The van der Waals surface area contributed by atoms with E-state index in [1.54, 1.807) is 32.7 Å². The van der Waals surface area contributed by atoms with Crippen molar-refractivity contribution < 1.29 is 14.3 Å². The lowest BCUT2D eigenvalue weighted by Crippen LogP contribution is -2.14. The smallest absolute Gasteiger partial charge is 0.257 e. The van der Waals surface area contributed by atoms with E-state index in [1.165, 1.54) is 0 Å². The highest BCUT2D eigenvalue weighted by Crippen LogP contribution is 2.31. The maximum absolute atomic E-state index is 12.8. The number of carbonyl (C=O) groups is 1. The summed E-state index contributed by atoms with van der Waals surface area (Å²) in [5.41, 5.74) is 3.86.